The molecule has 0 saturated carbocycles. The predicted octanol–water partition coefficient (Wildman–Crippen LogP) is 2.64. The molecule has 1 aliphatic rings. The van der Waals surface area contributed by atoms with Crippen molar-refractivity contribution in [1.29, 1.82) is 0 Å². The summed E-state index contributed by atoms with van der Waals surface area (Å²) < 4.78 is 0. The summed E-state index contributed by atoms with van der Waals surface area (Å²) in [6.45, 7) is 6.41. The van der Waals surface area contributed by atoms with E-state index in [0.29, 0.717) is 12.5 Å². The molecule has 1 amide bonds. The smallest absolute Gasteiger partial charge is 0.246 e. The van der Waals surface area contributed by atoms with E-state index in [1.807, 2.05) is 42.2 Å². The Kier molecular flexibility index (Phi) is 5.89. The Balaban J connectivity index is 1.61. The molecule has 0 spiro atoms. The first kappa shape index (κ1) is 18.0. The zero-order chi connectivity index (χ0) is 18.4. The first-order valence-electron chi connectivity index (χ1n) is 9.14. The Morgan fingerprint density at radius 1 is 1.12 bits per heavy atom. The largest absolute Gasteiger partial charge is 0.357 e. The van der Waals surface area contributed by atoms with Gasteiger partial charge in [0.15, 0.2) is 5.96 Å². The molecule has 0 saturated heterocycles. The Bertz CT molecular complexity index is 800. The van der Waals surface area contributed by atoms with E-state index < -0.39 is 0 Å². The second-order valence-electron chi connectivity index (χ2n) is 6.40. The van der Waals surface area contributed by atoms with Gasteiger partial charge in [-0.1, -0.05) is 42.5 Å². The van der Waals surface area contributed by atoms with Gasteiger partial charge in [0.25, 0.3) is 0 Å². The number of para-hydroxylation sites is 1. The van der Waals surface area contributed by atoms with Crippen LogP contribution in [0.2, 0.25) is 0 Å². The van der Waals surface area contributed by atoms with Gasteiger partial charge in [-0.2, -0.15) is 0 Å². The number of nitrogens with zero attached hydrogens (tertiary/aromatic N) is 2. The molecule has 2 aromatic carbocycles. The number of benzene rings is 2. The fourth-order valence-corrected chi connectivity index (χ4v) is 3.15. The second-order valence-corrected chi connectivity index (χ2v) is 6.40. The molecule has 26 heavy (non-hydrogen) atoms. The lowest BCUT2D eigenvalue weighted by Crippen LogP contribution is -2.44. The summed E-state index contributed by atoms with van der Waals surface area (Å²) in [5, 5.41) is 6.37. The molecule has 1 aliphatic heterocycles. The molecule has 0 radical (unpaired) electrons. The van der Waals surface area contributed by atoms with Gasteiger partial charge >= 0.3 is 0 Å². The molecule has 0 aliphatic carbocycles. The fraction of sp³-hybridized carbons (Fsp3) is 0.333. The van der Waals surface area contributed by atoms with Crippen molar-refractivity contribution in [2.24, 2.45) is 4.99 Å². The number of anilines is 1. The van der Waals surface area contributed by atoms with Gasteiger partial charge in [-0.15, -0.1) is 0 Å². The average molecular weight is 350 g/mol. The number of hydrogen-bond donors (Lipinski definition) is 2. The average Bonchev–Trinajstić information content (AvgIpc) is 3.09. The number of carbonyl (C=O) groups is 1. The van der Waals surface area contributed by atoms with Gasteiger partial charge in [-0.3, -0.25) is 4.79 Å². The quantitative estimate of drug-likeness (QED) is 0.644. The van der Waals surface area contributed by atoms with Crippen LogP contribution >= 0.6 is 0 Å². The zero-order valence-electron chi connectivity index (χ0n) is 15.5. The number of hydrogen-bond acceptors (Lipinski definition) is 2. The number of fused-ring (bicyclic) bond motifs is 1. The number of nitrogens with one attached hydrogen (secondary N) is 2. The molecule has 0 aromatic heterocycles. The summed E-state index contributed by atoms with van der Waals surface area (Å²) in [6, 6.07) is 16.3. The standard InChI is InChI=1S/C21H26N4O/c1-3-22-21(23-14-18-10-5-4-8-16(18)2)24-15-20(26)25-13-12-17-9-6-7-11-19(17)25/h4-11H,3,12-15H2,1-2H3,(H2,22,23,24). The van der Waals surface area contributed by atoms with Crippen molar-refractivity contribution in [1.82, 2.24) is 10.6 Å². The molecule has 0 unspecified atom stereocenters. The van der Waals surface area contributed by atoms with Crippen molar-refractivity contribution in [2.75, 3.05) is 24.5 Å². The summed E-state index contributed by atoms with van der Waals surface area (Å²) >= 11 is 0. The number of aliphatic imine (C=N–C) groups is 1. The molecule has 1 heterocycles. The van der Waals surface area contributed by atoms with Gasteiger partial charge in [0.2, 0.25) is 5.91 Å². The lowest BCUT2D eigenvalue weighted by molar-refractivity contribution is -0.117. The minimum absolute atomic E-state index is 0.0662. The summed E-state index contributed by atoms with van der Waals surface area (Å²) in [5.41, 5.74) is 4.67. The number of rotatable bonds is 5. The minimum atomic E-state index is 0.0662. The first-order valence-corrected chi connectivity index (χ1v) is 9.14. The molecule has 2 N–H and O–H groups in total. The predicted molar refractivity (Wildman–Crippen MR) is 106 cm³/mol. The highest BCUT2D eigenvalue weighted by molar-refractivity contribution is 5.98. The van der Waals surface area contributed by atoms with Crippen LogP contribution in [-0.4, -0.2) is 31.5 Å². The first-order chi connectivity index (χ1) is 12.7. The van der Waals surface area contributed by atoms with Crippen molar-refractivity contribution in [3.63, 3.8) is 0 Å². The number of guanidine groups is 1. The maximum absolute atomic E-state index is 12.6. The van der Waals surface area contributed by atoms with E-state index in [0.717, 1.165) is 25.2 Å². The van der Waals surface area contributed by atoms with E-state index >= 15 is 0 Å². The van der Waals surface area contributed by atoms with Gasteiger partial charge in [0.1, 0.15) is 0 Å². The van der Waals surface area contributed by atoms with Gasteiger partial charge in [0, 0.05) is 18.8 Å². The van der Waals surface area contributed by atoms with Crippen molar-refractivity contribution in [3.8, 4) is 0 Å². The van der Waals surface area contributed by atoms with Gasteiger partial charge < -0.3 is 15.5 Å². The van der Waals surface area contributed by atoms with E-state index in [4.69, 9.17) is 0 Å². The molecule has 0 fully saturated rings. The van der Waals surface area contributed by atoms with Crippen LogP contribution in [0.25, 0.3) is 0 Å². The Labute approximate surface area is 155 Å². The van der Waals surface area contributed by atoms with Crippen LogP contribution in [0.4, 0.5) is 5.69 Å². The molecule has 0 atom stereocenters. The maximum atomic E-state index is 12.6. The van der Waals surface area contributed by atoms with Crippen molar-refractivity contribution in [2.45, 2.75) is 26.8 Å². The Hall–Kier alpha value is -2.82. The van der Waals surface area contributed by atoms with E-state index in [1.54, 1.807) is 0 Å². The molecule has 3 rings (SSSR count). The molecule has 0 bridgehead atoms. The van der Waals surface area contributed by atoms with Crippen molar-refractivity contribution < 1.29 is 4.79 Å². The molecule has 5 heteroatoms. The van der Waals surface area contributed by atoms with E-state index in [1.165, 1.54) is 16.7 Å². The third-order valence-electron chi connectivity index (χ3n) is 4.61. The normalized spacial score (nSPS) is 13.5. The number of carbonyl (C=O) groups excluding carboxylic acids is 1. The highest BCUT2D eigenvalue weighted by atomic mass is 16.2. The fourth-order valence-electron chi connectivity index (χ4n) is 3.15. The van der Waals surface area contributed by atoms with E-state index in [-0.39, 0.29) is 12.5 Å². The Morgan fingerprint density at radius 2 is 1.88 bits per heavy atom. The maximum Gasteiger partial charge on any atom is 0.246 e. The van der Waals surface area contributed by atoms with Crippen LogP contribution < -0.4 is 15.5 Å². The SMILES string of the molecule is CCNC(=NCc1ccccc1C)NCC(=O)N1CCc2ccccc21. The second kappa shape index (κ2) is 8.52. The third kappa shape index (κ3) is 4.23. The molecule has 2 aromatic rings. The van der Waals surface area contributed by atoms with Gasteiger partial charge in [-0.25, -0.2) is 4.99 Å². The summed E-state index contributed by atoms with van der Waals surface area (Å²) in [4.78, 5) is 19.1. The molecular weight excluding hydrogens is 324 g/mol. The summed E-state index contributed by atoms with van der Waals surface area (Å²) in [5.74, 6) is 0.730. The van der Waals surface area contributed by atoms with E-state index in [2.05, 4.69) is 40.7 Å². The van der Waals surface area contributed by atoms with Gasteiger partial charge in [-0.05, 0) is 43.0 Å². The highest BCUT2D eigenvalue weighted by Crippen LogP contribution is 2.27. The highest BCUT2D eigenvalue weighted by Gasteiger charge is 2.23. The van der Waals surface area contributed by atoms with Crippen LogP contribution in [-0.2, 0) is 17.8 Å². The monoisotopic (exact) mass is 350 g/mol. The van der Waals surface area contributed by atoms with Crippen LogP contribution in [0.15, 0.2) is 53.5 Å². The van der Waals surface area contributed by atoms with E-state index in [9.17, 15) is 4.79 Å². The van der Waals surface area contributed by atoms with Crippen molar-refractivity contribution in [3.05, 3.63) is 65.2 Å². The zero-order valence-corrected chi connectivity index (χ0v) is 15.5. The molecule has 136 valence electrons. The van der Waals surface area contributed by atoms with Crippen LogP contribution in [0.1, 0.15) is 23.6 Å². The third-order valence-corrected chi connectivity index (χ3v) is 4.61. The summed E-state index contributed by atoms with van der Waals surface area (Å²) in [7, 11) is 0. The minimum Gasteiger partial charge on any atom is -0.357 e. The van der Waals surface area contributed by atoms with Crippen LogP contribution in [0.3, 0.4) is 0 Å². The van der Waals surface area contributed by atoms with Crippen molar-refractivity contribution >= 4 is 17.6 Å². The molecular formula is C21H26N4O. The van der Waals surface area contributed by atoms with Crippen LogP contribution in [0.5, 0.6) is 0 Å². The van der Waals surface area contributed by atoms with Gasteiger partial charge in [0.05, 0.1) is 13.1 Å². The topological polar surface area (TPSA) is 56.7 Å². The summed E-state index contributed by atoms with van der Waals surface area (Å²) in [6.07, 6.45) is 0.920. The lowest BCUT2D eigenvalue weighted by Gasteiger charge is -2.19. The number of aryl methyl sites for hydroxylation is 1. The Morgan fingerprint density at radius 3 is 2.69 bits per heavy atom. The molecule has 5 nitrogen and oxygen atoms in total. The lowest BCUT2D eigenvalue weighted by atomic mass is 10.1. The van der Waals surface area contributed by atoms with Crippen LogP contribution in [0, 0.1) is 6.92 Å². The number of amides is 1.